The molecule has 0 saturated heterocycles. The average molecular weight is 875 g/mol. The Bertz CT molecular complexity index is 3370. The molecule has 0 nitrogen and oxygen atoms in total. The van der Waals surface area contributed by atoms with Crippen molar-refractivity contribution in [2.75, 3.05) is 0 Å². The van der Waals surface area contributed by atoms with Gasteiger partial charge in [-0.25, -0.2) is 0 Å². The monoisotopic (exact) mass is 874 g/mol. The van der Waals surface area contributed by atoms with Crippen LogP contribution in [0.1, 0.15) is 0 Å². The van der Waals surface area contributed by atoms with Crippen LogP contribution in [-0.2, 0) is 0 Å². The van der Waals surface area contributed by atoms with E-state index < -0.39 is 15.8 Å². The summed E-state index contributed by atoms with van der Waals surface area (Å²) in [6.45, 7) is 0. The van der Waals surface area contributed by atoms with E-state index in [4.69, 9.17) is 0 Å². The van der Waals surface area contributed by atoms with Crippen LogP contribution in [0.3, 0.4) is 0 Å². The molecule has 66 heavy (non-hydrogen) atoms. The number of hydrogen-bond acceptors (Lipinski definition) is 0. The minimum absolute atomic E-state index is 1.01. The van der Waals surface area contributed by atoms with Gasteiger partial charge in [0, 0.05) is 0 Å². The van der Waals surface area contributed by atoms with Crippen LogP contribution in [-0.4, -0.2) is 0 Å². The molecule has 0 saturated carbocycles. The molecule has 0 bridgehead atoms. The first-order chi connectivity index (χ1) is 32.8. The van der Waals surface area contributed by atoms with Crippen LogP contribution in [0.4, 0.5) is 0 Å². The predicted octanol–water partition coefficient (Wildman–Crippen LogP) is 14.8. The van der Waals surface area contributed by atoms with Gasteiger partial charge in [0.1, 0.15) is 0 Å². The fourth-order valence-electron chi connectivity index (χ4n) is 9.97. The summed E-state index contributed by atoms with van der Waals surface area (Å²) in [7, 11) is -2.02. The molecule has 12 aromatic carbocycles. The van der Waals surface area contributed by atoms with Crippen LogP contribution < -0.4 is 31.8 Å². The van der Waals surface area contributed by atoms with Crippen molar-refractivity contribution in [1.82, 2.24) is 0 Å². The normalized spacial score (nSPS) is 11.6. The van der Waals surface area contributed by atoms with Gasteiger partial charge in [-0.3, -0.25) is 0 Å². The number of fused-ring (bicyclic) bond motifs is 4. The van der Waals surface area contributed by atoms with E-state index in [-0.39, 0.29) is 0 Å². The lowest BCUT2D eigenvalue weighted by atomic mass is 9.88. The zero-order valence-electron chi connectivity index (χ0n) is 36.3. The molecule has 0 aliphatic rings. The molecule has 310 valence electrons. The van der Waals surface area contributed by atoms with Crippen molar-refractivity contribution in [3.05, 3.63) is 267 Å². The molecule has 0 radical (unpaired) electrons. The summed E-state index contributed by atoms with van der Waals surface area (Å²) in [5, 5.41) is 18.0. The van der Waals surface area contributed by atoms with E-state index in [1.807, 2.05) is 0 Å². The highest BCUT2D eigenvalue weighted by Crippen LogP contribution is 2.48. The molecule has 0 aliphatic heterocycles. The van der Waals surface area contributed by atoms with Gasteiger partial charge in [0.05, 0.1) is 0 Å². The summed E-state index contributed by atoms with van der Waals surface area (Å²) in [5.41, 5.74) is 7.54. The highest BCUT2D eigenvalue weighted by atomic mass is 31.1. The Balaban J connectivity index is 1.24. The van der Waals surface area contributed by atoms with Gasteiger partial charge in [-0.15, -0.1) is 0 Å². The van der Waals surface area contributed by atoms with Crippen LogP contribution in [0.15, 0.2) is 267 Å². The van der Waals surface area contributed by atoms with E-state index in [0.29, 0.717) is 0 Å². The molecule has 0 amide bonds. The van der Waals surface area contributed by atoms with Gasteiger partial charge in [0.25, 0.3) is 0 Å². The van der Waals surface area contributed by atoms with Gasteiger partial charge in [0.2, 0.25) is 0 Å². The van der Waals surface area contributed by atoms with E-state index >= 15 is 0 Å². The lowest BCUT2D eigenvalue weighted by Gasteiger charge is -2.29. The Hall–Kier alpha value is -7.46. The molecule has 0 heterocycles. The Morgan fingerprint density at radius 3 is 0.909 bits per heavy atom. The minimum atomic E-state index is -1.01. The first-order valence-electron chi connectivity index (χ1n) is 22.7. The largest absolute Gasteiger partial charge is 0.0622 e. The maximum atomic E-state index is 2.48. The molecule has 0 N–H and O–H groups in total. The Morgan fingerprint density at radius 2 is 0.545 bits per heavy atom. The van der Waals surface area contributed by atoms with Gasteiger partial charge < -0.3 is 0 Å². The minimum Gasteiger partial charge on any atom is -0.0622 e. The molecule has 0 fully saturated rings. The Morgan fingerprint density at radius 1 is 0.212 bits per heavy atom. The highest BCUT2D eigenvalue weighted by Gasteiger charge is 2.29. The molecular weight excluding hydrogens is 831 g/mol. The van der Waals surface area contributed by atoms with E-state index in [1.54, 1.807) is 0 Å². The second-order valence-electron chi connectivity index (χ2n) is 16.9. The molecule has 0 atom stereocenters. The van der Waals surface area contributed by atoms with Crippen molar-refractivity contribution in [2.45, 2.75) is 0 Å². The second kappa shape index (κ2) is 17.5. The van der Waals surface area contributed by atoms with Crippen molar-refractivity contribution in [3.8, 4) is 33.4 Å². The van der Waals surface area contributed by atoms with Crippen LogP contribution in [0.2, 0.25) is 0 Å². The molecular formula is C64H44P2. The highest BCUT2D eigenvalue weighted by molar-refractivity contribution is 7.80. The Labute approximate surface area is 389 Å². The van der Waals surface area contributed by atoms with Gasteiger partial charge in [-0.05, 0) is 136 Å². The van der Waals surface area contributed by atoms with Crippen molar-refractivity contribution < 1.29 is 0 Å². The number of benzene rings is 12. The lowest BCUT2D eigenvalue weighted by Crippen LogP contribution is -2.26. The van der Waals surface area contributed by atoms with Crippen LogP contribution in [0, 0.1) is 0 Å². The van der Waals surface area contributed by atoms with Crippen molar-refractivity contribution in [1.29, 1.82) is 0 Å². The maximum absolute atomic E-state index is 2.48. The number of hydrogen-bond donors (Lipinski definition) is 0. The third-order valence-electron chi connectivity index (χ3n) is 13.0. The van der Waals surface area contributed by atoms with E-state index in [1.165, 1.54) is 108 Å². The summed E-state index contributed by atoms with van der Waals surface area (Å²) >= 11 is 0. The Kier molecular flexibility index (Phi) is 10.6. The molecule has 0 spiro atoms. The van der Waals surface area contributed by atoms with E-state index in [0.717, 1.165) is 0 Å². The molecule has 2 heteroatoms. The van der Waals surface area contributed by atoms with Crippen molar-refractivity contribution in [2.24, 2.45) is 0 Å². The first kappa shape index (κ1) is 40.1. The molecule has 0 aliphatic carbocycles. The molecule has 0 unspecified atom stereocenters. The smallest absolute Gasteiger partial charge is 0.000861 e. The van der Waals surface area contributed by atoms with Crippen LogP contribution in [0.25, 0.3) is 76.5 Å². The fourth-order valence-corrected chi connectivity index (χ4v) is 14.9. The van der Waals surface area contributed by atoms with Crippen molar-refractivity contribution >= 4 is 90.8 Å². The van der Waals surface area contributed by atoms with Gasteiger partial charge in [-0.2, -0.15) is 0 Å². The van der Waals surface area contributed by atoms with Gasteiger partial charge >= 0.3 is 0 Å². The predicted molar refractivity (Wildman–Crippen MR) is 290 cm³/mol. The quantitative estimate of drug-likeness (QED) is 0.127. The summed E-state index contributed by atoms with van der Waals surface area (Å²) in [6, 6.07) is 99.9. The zero-order valence-corrected chi connectivity index (χ0v) is 38.1. The molecule has 0 aromatic heterocycles. The van der Waals surface area contributed by atoms with Gasteiger partial charge in [-0.1, -0.05) is 255 Å². The molecule has 12 aromatic rings. The van der Waals surface area contributed by atoms with E-state index in [9.17, 15) is 0 Å². The van der Waals surface area contributed by atoms with Crippen molar-refractivity contribution in [3.63, 3.8) is 0 Å². The number of rotatable bonds is 9. The van der Waals surface area contributed by atoms with Gasteiger partial charge in [0.15, 0.2) is 0 Å². The maximum Gasteiger partial charge on any atom is -0.000861 e. The average Bonchev–Trinajstić information content (AvgIpc) is 3.39. The zero-order chi connectivity index (χ0) is 43.8. The third kappa shape index (κ3) is 7.30. The summed E-state index contributed by atoms with van der Waals surface area (Å²) in [5.74, 6) is 0. The second-order valence-corrected chi connectivity index (χ2v) is 21.2. The summed E-state index contributed by atoms with van der Waals surface area (Å²) in [4.78, 5) is 0. The van der Waals surface area contributed by atoms with Crippen LogP contribution >= 0.6 is 15.8 Å². The van der Waals surface area contributed by atoms with E-state index in [2.05, 4.69) is 267 Å². The summed E-state index contributed by atoms with van der Waals surface area (Å²) in [6.07, 6.45) is 0. The third-order valence-corrected chi connectivity index (χ3v) is 18.0. The molecule has 12 rings (SSSR count). The standard InChI is InChI=1S/C64H44P2/c1-5-23-51(24-6-1)65(52-25-7-2-8-26-52)61-41-39-57-55(49-37-35-45-19-13-15-21-47(45)43-49)31-17-33-59(57)63(61)64-60-34-18-32-56(50-38-36-46-20-14-16-22-48(46)44-50)58(60)40-42-62(64)66(53-27-9-3-10-28-53)54-29-11-4-12-30-54/h1-44H. The van der Waals surface area contributed by atoms with Crippen LogP contribution in [0.5, 0.6) is 0 Å². The lowest BCUT2D eigenvalue weighted by molar-refractivity contribution is 1.67. The SMILES string of the molecule is c1ccc(P(c2ccccc2)c2ccc3c(-c4ccc5ccccc5c4)cccc3c2-c2c(P(c3ccccc3)c3ccccc3)ccc3c(-c4ccc5ccccc5c4)cccc23)cc1. The summed E-state index contributed by atoms with van der Waals surface area (Å²) < 4.78 is 0. The topological polar surface area (TPSA) is 0 Å². The fraction of sp³-hybridized carbons (Fsp3) is 0. The first-order valence-corrected chi connectivity index (χ1v) is 25.4.